The second-order valence-electron chi connectivity index (χ2n) is 5.81. The number of amides is 1. The van der Waals surface area contributed by atoms with E-state index in [0.717, 1.165) is 17.2 Å². The Balaban J connectivity index is 2.42. The first-order chi connectivity index (χ1) is 13.6. The highest BCUT2D eigenvalue weighted by Crippen LogP contribution is 2.38. The molecule has 0 spiro atoms. The molecule has 0 radical (unpaired) electrons. The van der Waals surface area contributed by atoms with Crippen molar-refractivity contribution in [2.45, 2.75) is 6.18 Å². The fourth-order valence-corrected chi connectivity index (χ4v) is 2.28. The van der Waals surface area contributed by atoms with Gasteiger partial charge in [0.05, 0.1) is 23.6 Å². The van der Waals surface area contributed by atoms with Gasteiger partial charge in [0.15, 0.2) is 5.69 Å². The number of halogens is 3. The predicted octanol–water partition coefficient (Wildman–Crippen LogP) is 2.65. The van der Waals surface area contributed by atoms with Crippen LogP contribution in [0.5, 0.6) is 5.88 Å². The van der Waals surface area contributed by atoms with E-state index in [0.29, 0.717) is 5.69 Å². The van der Waals surface area contributed by atoms with Crippen LogP contribution in [0.15, 0.2) is 18.3 Å². The number of nitrogen functional groups attached to an aromatic ring is 1. The van der Waals surface area contributed by atoms with Gasteiger partial charge in [-0.05, 0) is 12.1 Å². The summed E-state index contributed by atoms with van der Waals surface area (Å²) in [6.07, 6.45) is -4.91. The molecule has 2 aromatic rings. The maximum absolute atomic E-state index is 13.5. The van der Waals surface area contributed by atoms with Crippen molar-refractivity contribution in [3.8, 4) is 23.2 Å². The van der Waals surface area contributed by atoms with Gasteiger partial charge >= 0.3 is 12.3 Å². The van der Waals surface area contributed by atoms with Gasteiger partial charge in [-0.1, -0.05) is 0 Å². The van der Waals surface area contributed by atoms with Crippen molar-refractivity contribution < 1.29 is 27.8 Å². The first kappa shape index (κ1) is 21.5. The topological polar surface area (TPSA) is 137 Å². The third kappa shape index (κ3) is 4.95. The largest absolute Gasteiger partial charge is 0.475 e. The lowest BCUT2D eigenvalue weighted by atomic mass is 10.1. The number of nitrogens with two attached hydrogens (primary N) is 1. The fraction of sp³-hybridized carbons (Fsp3) is 0.294. The third-order valence-corrected chi connectivity index (χ3v) is 3.88. The predicted molar refractivity (Wildman–Crippen MR) is 97.3 cm³/mol. The van der Waals surface area contributed by atoms with Gasteiger partial charge in [0, 0.05) is 25.9 Å². The molecule has 0 fully saturated rings. The molecule has 0 saturated heterocycles. The number of ether oxygens (including phenoxy) is 1. The number of nitrogens with zero attached hydrogens (tertiary/aromatic N) is 4. The summed E-state index contributed by atoms with van der Waals surface area (Å²) in [5, 5.41) is 20.6. The van der Waals surface area contributed by atoms with E-state index in [1.165, 1.54) is 13.1 Å². The molecule has 0 saturated carbocycles. The summed E-state index contributed by atoms with van der Waals surface area (Å²) in [6, 6.07) is 3.98. The van der Waals surface area contributed by atoms with Gasteiger partial charge in [0.1, 0.15) is 18.2 Å². The number of hydrogen-bond acceptors (Lipinski definition) is 7. The second kappa shape index (κ2) is 8.51. The van der Waals surface area contributed by atoms with Crippen molar-refractivity contribution in [3.63, 3.8) is 0 Å². The number of nitriles is 1. The van der Waals surface area contributed by atoms with E-state index in [1.807, 2.05) is 0 Å². The number of rotatable bonds is 6. The molecule has 0 aliphatic carbocycles. The number of hydrogen-bond donors (Lipinski definition) is 3. The van der Waals surface area contributed by atoms with E-state index in [1.54, 1.807) is 13.1 Å². The van der Waals surface area contributed by atoms with Crippen LogP contribution in [0.3, 0.4) is 0 Å². The monoisotopic (exact) mass is 410 g/mol. The first-order valence-electron chi connectivity index (χ1n) is 8.11. The number of nitrogens with one attached hydrogen (secondary N) is 1. The standard InChI is InChI=1S/C17H17F3N6O3/c1-23-12-6-11(25-13(7-21)14(12)22)9-5-10(17(18,19)20)15(24-8-9)29-4-3-26(2)16(27)28/h5-6,8H,3-4,22H2,1-2H3,(H,23,25)(H,27,28). The highest BCUT2D eigenvalue weighted by atomic mass is 19.4. The van der Waals surface area contributed by atoms with E-state index in [4.69, 9.17) is 20.8 Å². The molecule has 0 aliphatic heterocycles. The zero-order valence-electron chi connectivity index (χ0n) is 15.4. The van der Waals surface area contributed by atoms with Crippen LogP contribution in [0.2, 0.25) is 0 Å². The normalized spacial score (nSPS) is 10.9. The zero-order valence-corrected chi connectivity index (χ0v) is 15.4. The Labute approximate surface area is 163 Å². The maximum atomic E-state index is 13.5. The molecule has 1 amide bonds. The first-order valence-corrected chi connectivity index (χ1v) is 8.11. The van der Waals surface area contributed by atoms with Crippen molar-refractivity contribution in [2.75, 3.05) is 38.3 Å². The summed E-state index contributed by atoms with van der Waals surface area (Å²) in [5.41, 5.74) is 4.94. The molecule has 2 aromatic heterocycles. The van der Waals surface area contributed by atoms with E-state index in [-0.39, 0.29) is 35.8 Å². The van der Waals surface area contributed by atoms with Crippen molar-refractivity contribution in [2.24, 2.45) is 0 Å². The number of carbonyl (C=O) groups is 1. The lowest BCUT2D eigenvalue weighted by Crippen LogP contribution is -2.29. The zero-order chi connectivity index (χ0) is 21.8. The summed E-state index contributed by atoms with van der Waals surface area (Å²) in [6.45, 7) is -0.465. The molecule has 9 nitrogen and oxygen atoms in total. The summed E-state index contributed by atoms with van der Waals surface area (Å²) in [7, 11) is 2.80. The van der Waals surface area contributed by atoms with E-state index >= 15 is 0 Å². The minimum atomic E-state index is -4.78. The van der Waals surface area contributed by atoms with Crippen LogP contribution in [0, 0.1) is 11.3 Å². The molecule has 0 aliphatic rings. The Bertz CT molecular complexity index is 959. The van der Waals surface area contributed by atoms with Crippen LogP contribution in [-0.2, 0) is 6.18 Å². The van der Waals surface area contributed by atoms with Gasteiger partial charge in [-0.3, -0.25) is 0 Å². The summed E-state index contributed by atoms with van der Waals surface area (Å²) < 4.78 is 45.5. The number of likely N-dealkylation sites (N-methyl/N-ethyl adjacent to an activating group) is 1. The molecule has 29 heavy (non-hydrogen) atoms. The number of pyridine rings is 2. The molecule has 0 unspecified atom stereocenters. The van der Waals surface area contributed by atoms with E-state index in [9.17, 15) is 18.0 Å². The Hall–Kier alpha value is -3.75. The molecule has 2 heterocycles. The van der Waals surface area contributed by atoms with Crippen molar-refractivity contribution in [3.05, 3.63) is 29.6 Å². The Kier molecular flexibility index (Phi) is 6.32. The van der Waals surface area contributed by atoms with Crippen LogP contribution < -0.4 is 15.8 Å². The Morgan fingerprint density at radius 2 is 2.14 bits per heavy atom. The van der Waals surface area contributed by atoms with Gasteiger partial charge in [0.2, 0.25) is 5.88 Å². The average Bonchev–Trinajstić information content (AvgIpc) is 2.67. The summed E-state index contributed by atoms with van der Waals surface area (Å²) >= 11 is 0. The fourth-order valence-electron chi connectivity index (χ4n) is 2.28. The van der Waals surface area contributed by atoms with Gasteiger partial charge < -0.3 is 25.8 Å². The third-order valence-electron chi connectivity index (χ3n) is 3.88. The molecule has 0 bridgehead atoms. The van der Waals surface area contributed by atoms with Crippen LogP contribution in [-0.4, -0.2) is 53.3 Å². The minimum absolute atomic E-state index is 0.000305. The second-order valence-corrected chi connectivity index (χ2v) is 5.81. The molecular formula is C17H17F3N6O3. The molecule has 4 N–H and O–H groups in total. The number of aromatic nitrogens is 2. The molecule has 0 atom stereocenters. The molecule has 0 aromatic carbocycles. The SMILES string of the molecule is CNc1cc(-c2cnc(OCCN(C)C(=O)O)c(C(F)(F)F)c2)nc(C#N)c1N. The molecule has 2 rings (SSSR count). The number of alkyl halides is 3. The minimum Gasteiger partial charge on any atom is -0.475 e. The Morgan fingerprint density at radius 1 is 1.45 bits per heavy atom. The van der Waals surface area contributed by atoms with E-state index in [2.05, 4.69) is 15.3 Å². The number of carboxylic acid groups (broad SMARTS) is 1. The number of anilines is 2. The van der Waals surface area contributed by atoms with Gasteiger partial charge in [0.25, 0.3) is 0 Å². The smallest absolute Gasteiger partial charge is 0.421 e. The van der Waals surface area contributed by atoms with Gasteiger partial charge in [-0.15, -0.1) is 0 Å². The van der Waals surface area contributed by atoms with Crippen LogP contribution in [0.1, 0.15) is 11.3 Å². The molecular weight excluding hydrogens is 393 g/mol. The highest BCUT2D eigenvalue weighted by molar-refractivity contribution is 5.77. The average molecular weight is 410 g/mol. The summed E-state index contributed by atoms with van der Waals surface area (Å²) in [5.74, 6) is -0.690. The van der Waals surface area contributed by atoms with Crippen LogP contribution in [0.25, 0.3) is 11.3 Å². The quantitative estimate of drug-likeness (QED) is 0.661. The van der Waals surface area contributed by atoms with Crippen LogP contribution in [0.4, 0.5) is 29.3 Å². The Morgan fingerprint density at radius 3 is 2.69 bits per heavy atom. The lowest BCUT2D eigenvalue weighted by Gasteiger charge is -2.17. The molecule has 154 valence electrons. The highest BCUT2D eigenvalue weighted by Gasteiger charge is 2.36. The summed E-state index contributed by atoms with van der Waals surface area (Å²) in [4.78, 5) is 19.3. The van der Waals surface area contributed by atoms with Crippen LogP contribution >= 0.6 is 0 Å². The lowest BCUT2D eigenvalue weighted by molar-refractivity contribution is -0.139. The van der Waals surface area contributed by atoms with E-state index < -0.39 is 23.7 Å². The van der Waals surface area contributed by atoms with Crippen molar-refractivity contribution in [1.29, 1.82) is 5.26 Å². The van der Waals surface area contributed by atoms with Crippen molar-refractivity contribution in [1.82, 2.24) is 14.9 Å². The van der Waals surface area contributed by atoms with Crippen molar-refractivity contribution >= 4 is 17.5 Å². The molecule has 12 heteroatoms. The maximum Gasteiger partial charge on any atom is 0.421 e. The van der Waals surface area contributed by atoms with Gasteiger partial charge in [-0.25, -0.2) is 14.8 Å². The van der Waals surface area contributed by atoms with Gasteiger partial charge in [-0.2, -0.15) is 18.4 Å².